The van der Waals surface area contributed by atoms with Gasteiger partial charge in [-0.15, -0.1) is 0 Å². The monoisotopic (exact) mass is 551 g/mol. The molecule has 2 aliphatic rings. The van der Waals surface area contributed by atoms with E-state index in [1.54, 1.807) is 47.4 Å². The SMILES string of the molecule is C[C@H]1CN([C@@H](C)CO)C(=O)c2cccc(NC(=O)C3CCCCC3)c2O[C@H]1CN(C)Cc1ccc(C(=O)O)cc1. The lowest BCUT2D eigenvalue weighted by atomic mass is 9.88. The topological polar surface area (TPSA) is 119 Å². The Morgan fingerprint density at radius 2 is 1.82 bits per heavy atom. The van der Waals surface area contributed by atoms with Gasteiger partial charge in [0.15, 0.2) is 5.75 Å². The fraction of sp³-hybridized carbons (Fsp3) is 0.516. The molecule has 2 aromatic carbocycles. The Morgan fingerprint density at radius 3 is 2.48 bits per heavy atom. The van der Waals surface area contributed by atoms with Gasteiger partial charge in [0.2, 0.25) is 5.91 Å². The molecular formula is C31H41N3O6. The summed E-state index contributed by atoms with van der Waals surface area (Å²) in [7, 11) is 1.97. The van der Waals surface area contributed by atoms with Crippen LogP contribution in [0.1, 0.15) is 72.2 Å². The van der Waals surface area contributed by atoms with Crippen LogP contribution in [0.2, 0.25) is 0 Å². The third-order valence-electron chi connectivity index (χ3n) is 8.07. The quantitative estimate of drug-likeness (QED) is 0.426. The number of likely N-dealkylation sites (N-methyl/N-ethyl adjacent to an activating group) is 1. The maximum atomic E-state index is 13.7. The molecule has 0 bridgehead atoms. The maximum Gasteiger partial charge on any atom is 0.335 e. The van der Waals surface area contributed by atoms with Crippen LogP contribution in [0.4, 0.5) is 5.69 Å². The number of nitrogens with zero attached hydrogens (tertiary/aromatic N) is 2. The number of aliphatic hydroxyl groups excluding tert-OH is 1. The van der Waals surface area contributed by atoms with Crippen LogP contribution in [0.15, 0.2) is 42.5 Å². The number of fused-ring (bicyclic) bond motifs is 1. The molecule has 9 nitrogen and oxygen atoms in total. The highest BCUT2D eigenvalue weighted by atomic mass is 16.5. The number of hydrogen-bond donors (Lipinski definition) is 3. The van der Waals surface area contributed by atoms with E-state index in [1.165, 1.54) is 0 Å². The number of carboxylic acids is 1. The van der Waals surface area contributed by atoms with Crippen LogP contribution >= 0.6 is 0 Å². The highest BCUT2D eigenvalue weighted by Gasteiger charge is 2.35. The molecule has 4 rings (SSSR count). The van der Waals surface area contributed by atoms with Gasteiger partial charge in [-0.2, -0.15) is 0 Å². The van der Waals surface area contributed by atoms with Crippen LogP contribution in [-0.2, 0) is 11.3 Å². The van der Waals surface area contributed by atoms with Crippen LogP contribution in [-0.4, -0.2) is 76.7 Å². The highest BCUT2D eigenvalue weighted by Crippen LogP contribution is 2.36. The third-order valence-corrected chi connectivity index (χ3v) is 8.07. The molecule has 2 amide bonds. The number of benzene rings is 2. The van der Waals surface area contributed by atoms with Crippen molar-refractivity contribution < 1.29 is 29.3 Å². The van der Waals surface area contributed by atoms with E-state index in [1.807, 2.05) is 20.9 Å². The molecule has 9 heteroatoms. The van der Waals surface area contributed by atoms with Gasteiger partial charge in [0.1, 0.15) is 6.10 Å². The summed E-state index contributed by atoms with van der Waals surface area (Å²) in [6.07, 6.45) is 4.63. The van der Waals surface area contributed by atoms with E-state index in [0.717, 1.165) is 37.7 Å². The maximum absolute atomic E-state index is 13.7. The van der Waals surface area contributed by atoms with Crippen LogP contribution in [0.5, 0.6) is 5.75 Å². The van der Waals surface area contributed by atoms with Gasteiger partial charge in [-0.25, -0.2) is 4.79 Å². The van der Waals surface area contributed by atoms with Crippen molar-refractivity contribution in [3.8, 4) is 5.75 Å². The number of amides is 2. The Bertz CT molecular complexity index is 1190. The first-order valence-electron chi connectivity index (χ1n) is 14.2. The van der Waals surface area contributed by atoms with Crippen molar-refractivity contribution in [1.82, 2.24) is 9.80 Å². The van der Waals surface area contributed by atoms with Crippen molar-refractivity contribution in [2.45, 2.75) is 64.6 Å². The second-order valence-electron chi connectivity index (χ2n) is 11.3. The molecule has 1 aliphatic carbocycles. The smallest absolute Gasteiger partial charge is 0.335 e. The molecule has 216 valence electrons. The zero-order valence-electron chi connectivity index (χ0n) is 23.6. The Labute approximate surface area is 236 Å². The van der Waals surface area contributed by atoms with E-state index in [4.69, 9.17) is 4.74 Å². The van der Waals surface area contributed by atoms with E-state index in [-0.39, 0.29) is 48.0 Å². The third kappa shape index (κ3) is 7.01. The second-order valence-corrected chi connectivity index (χ2v) is 11.3. The van der Waals surface area contributed by atoms with Gasteiger partial charge < -0.3 is 25.2 Å². The summed E-state index contributed by atoms with van der Waals surface area (Å²) in [6.45, 7) is 5.20. The number of aliphatic hydroxyl groups is 1. The number of carbonyl (C=O) groups excluding carboxylic acids is 2. The molecule has 0 aromatic heterocycles. The standard InChI is InChI=1S/C31H41N3O6/c1-20-16-34(21(2)19-35)30(37)25-10-7-11-26(32-29(36)23-8-5-4-6-9-23)28(25)40-27(20)18-33(3)17-22-12-14-24(15-13-22)31(38)39/h7,10-15,20-21,23,27,35H,4-6,8-9,16-19H2,1-3H3,(H,32,36)(H,38,39)/t20-,21-,27-/m0/s1. The number of hydrogen-bond acceptors (Lipinski definition) is 6. The van der Waals surface area contributed by atoms with Crippen LogP contribution in [0.25, 0.3) is 0 Å². The van der Waals surface area contributed by atoms with Gasteiger partial charge in [0.25, 0.3) is 5.91 Å². The lowest BCUT2D eigenvalue weighted by Gasteiger charge is -2.38. The zero-order valence-corrected chi connectivity index (χ0v) is 23.6. The van der Waals surface area contributed by atoms with Crippen LogP contribution in [0, 0.1) is 11.8 Å². The Morgan fingerprint density at radius 1 is 1.12 bits per heavy atom. The van der Waals surface area contributed by atoms with Crippen molar-refractivity contribution in [1.29, 1.82) is 0 Å². The summed E-state index contributed by atoms with van der Waals surface area (Å²) in [5.74, 6) is -1.00. The molecule has 0 unspecified atom stereocenters. The largest absolute Gasteiger partial charge is 0.486 e. The van der Waals surface area contributed by atoms with Crippen molar-refractivity contribution in [3.05, 3.63) is 59.2 Å². The highest BCUT2D eigenvalue weighted by molar-refractivity contribution is 6.02. The summed E-state index contributed by atoms with van der Waals surface area (Å²) < 4.78 is 6.62. The van der Waals surface area contributed by atoms with E-state index in [9.17, 15) is 24.6 Å². The minimum absolute atomic E-state index is 0.0432. The minimum Gasteiger partial charge on any atom is -0.486 e. The first kappa shape index (κ1) is 29.6. The number of ether oxygens (including phenoxy) is 1. The summed E-state index contributed by atoms with van der Waals surface area (Å²) in [5.41, 5.74) is 2.07. The van der Waals surface area contributed by atoms with Gasteiger partial charge in [-0.05, 0) is 56.6 Å². The molecule has 2 aromatic rings. The summed E-state index contributed by atoms with van der Waals surface area (Å²) in [6, 6.07) is 11.7. The van der Waals surface area contributed by atoms with Gasteiger partial charge in [0, 0.05) is 31.5 Å². The molecule has 1 fully saturated rings. The molecule has 0 radical (unpaired) electrons. The fourth-order valence-corrected chi connectivity index (χ4v) is 5.60. The number of rotatable bonds is 9. The van der Waals surface area contributed by atoms with Gasteiger partial charge in [0.05, 0.1) is 29.5 Å². The number of nitrogens with one attached hydrogen (secondary N) is 1. The van der Waals surface area contributed by atoms with Crippen molar-refractivity contribution in [3.63, 3.8) is 0 Å². The number of carbonyl (C=O) groups is 3. The summed E-state index contributed by atoms with van der Waals surface area (Å²) in [5, 5.41) is 22.2. The number of anilines is 1. The predicted molar refractivity (Wildman–Crippen MR) is 153 cm³/mol. The minimum atomic E-state index is -0.960. The zero-order chi connectivity index (χ0) is 28.8. The van der Waals surface area contributed by atoms with Gasteiger partial charge in [-0.3, -0.25) is 14.5 Å². The lowest BCUT2D eigenvalue weighted by Crippen LogP contribution is -2.49. The first-order chi connectivity index (χ1) is 19.2. The van der Waals surface area contributed by atoms with E-state index < -0.39 is 5.97 Å². The van der Waals surface area contributed by atoms with E-state index in [2.05, 4.69) is 10.2 Å². The molecule has 1 heterocycles. The lowest BCUT2D eigenvalue weighted by molar-refractivity contribution is -0.120. The van der Waals surface area contributed by atoms with E-state index in [0.29, 0.717) is 36.6 Å². The van der Waals surface area contributed by atoms with Gasteiger partial charge in [-0.1, -0.05) is 44.4 Å². The average molecular weight is 552 g/mol. The van der Waals surface area contributed by atoms with Crippen molar-refractivity contribution in [2.24, 2.45) is 11.8 Å². The number of carboxylic acid groups (broad SMARTS) is 1. The van der Waals surface area contributed by atoms with E-state index >= 15 is 0 Å². The molecule has 1 saturated carbocycles. The fourth-order valence-electron chi connectivity index (χ4n) is 5.60. The average Bonchev–Trinajstić information content (AvgIpc) is 2.95. The summed E-state index contributed by atoms with van der Waals surface area (Å²) in [4.78, 5) is 41.8. The Balaban J connectivity index is 1.60. The molecule has 0 saturated heterocycles. The molecular weight excluding hydrogens is 510 g/mol. The molecule has 1 aliphatic heterocycles. The first-order valence-corrected chi connectivity index (χ1v) is 14.2. The number of para-hydroxylation sites is 1. The predicted octanol–water partition coefficient (Wildman–Crippen LogP) is 4.26. The van der Waals surface area contributed by atoms with Crippen molar-refractivity contribution >= 4 is 23.5 Å². The molecule has 0 spiro atoms. The Kier molecular flexibility index (Phi) is 9.81. The van der Waals surface area contributed by atoms with Crippen molar-refractivity contribution in [2.75, 3.05) is 32.1 Å². The van der Waals surface area contributed by atoms with Crippen LogP contribution in [0.3, 0.4) is 0 Å². The molecule has 40 heavy (non-hydrogen) atoms. The molecule has 3 N–H and O–H groups in total. The summed E-state index contributed by atoms with van der Waals surface area (Å²) >= 11 is 0. The number of aromatic carboxylic acids is 1. The van der Waals surface area contributed by atoms with Crippen LogP contribution < -0.4 is 10.1 Å². The second kappa shape index (κ2) is 13.3. The molecule has 3 atom stereocenters. The van der Waals surface area contributed by atoms with Gasteiger partial charge >= 0.3 is 5.97 Å². The normalized spacial score (nSPS) is 20.7. The Hall–Kier alpha value is -3.43.